The van der Waals surface area contributed by atoms with Gasteiger partial charge in [0, 0.05) is 25.6 Å². The Kier molecular flexibility index (Phi) is 5.89. The van der Waals surface area contributed by atoms with Crippen molar-refractivity contribution in [2.45, 2.75) is 52.3 Å². The third-order valence-electron chi connectivity index (χ3n) is 5.27. The number of likely N-dealkylation sites (tertiary alicyclic amines) is 1. The van der Waals surface area contributed by atoms with Crippen molar-refractivity contribution in [2.24, 2.45) is 5.41 Å². The van der Waals surface area contributed by atoms with E-state index in [0.717, 1.165) is 0 Å². The highest BCUT2D eigenvalue weighted by molar-refractivity contribution is 5.90. The Balaban J connectivity index is 1.97. The van der Waals surface area contributed by atoms with Crippen molar-refractivity contribution in [3.8, 4) is 11.3 Å². The molecule has 0 aliphatic carbocycles. The number of rotatable bonds is 4. The van der Waals surface area contributed by atoms with Crippen LogP contribution in [-0.4, -0.2) is 67.5 Å². The van der Waals surface area contributed by atoms with Crippen LogP contribution in [0.5, 0.6) is 0 Å². The molecule has 1 aliphatic heterocycles. The van der Waals surface area contributed by atoms with Crippen molar-refractivity contribution in [1.82, 2.24) is 30.2 Å². The maximum Gasteiger partial charge on any atom is 0.248 e. The summed E-state index contributed by atoms with van der Waals surface area (Å²) in [4.78, 5) is 31.0. The number of β-amino-alcohol motifs (C(OH)–C–C–N with tert-alkyl or cyclic N) is 1. The minimum atomic E-state index is -0.767. The van der Waals surface area contributed by atoms with Gasteiger partial charge in [0.25, 0.3) is 0 Å². The molecule has 30 heavy (non-hydrogen) atoms. The van der Waals surface area contributed by atoms with E-state index in [1.165, 1.54) is 22.7 Å². The molecular weight excluding hydrogens is 391 g/mol. The second-order valence-electron chi connectivity index (χ2n) is 8.63. The Hall–Kier alpha value is -2.88. The summed E-state index contributed by atoms with van der Waals surface area (Å²) in [5.41, 5.74) is 0.982. The first-order valence-electron chi connectivity index (χ1n) is 9.78. The molecular formula is C20H27FN6O3. The fourth-order valence-corrected chi connectivity index (χ4v) is 3.84. The van der Waals surface area contributed by atoms with Gasteiger partial charge in [0.05, 0.1) is 18.0 Å². The van der Waals surface area contributed by atoms with E-state index in [1.807, 2.05) is 20.8 Å². The normalized spacial score (nSPS) is 20.3. The van der Waals surface area contributed by atoms with Gasteiger partial charge in [-0.1, -0.05) is 26.0 Å². The van der Waals surface area contributed by atoms with E-state index in [1.54, 1.807) is 19.2 Å². The van der Waals surface area contributed by atoms with Gasteiger partial charge < -0.3 is 15.3 Å². The average Bonchev–Trinajstić information content (AvgIpc) is 3.27. The van der Waals surface area contributed by atoms with Crippen LogP contribution in [0.4, 0.5) is 4.39 Å². The van der Waals surface area contributed by atoms with Crippen LogP contribution in [0.1, 0.15) is 38.9 Å². The van der Waals surface area contributed by atoms with Gasteiger partial charge in [0.2, 0.25) is 17.8 Å². The zero-order chi connectivity index (χ0) is 22.2. The van der Waals surface area contributed by atoms with Gasteiger partial charge in [-0.3, -0.25) is 9.59 Å². The second-order valence-corrected chi connectivity index (χ2v) is 8.63. The van der Waals surface area contributed by atoms with Crippen LogP contribution in [0.25, 0.3) is 11.3 Å². The monoisotopic (exact) mass is 418 g/mol. The zero-order valence-electron chi connectivity index (χ0n) is 17.8. The molecule has 3 atom stereocenters. The summed E-state index contributed by atoms with van der Waals surface area (Å²) >= 11 is 0. The summed E-state index contributed by atoms with van der Waals surface area (Å²) in [6.07, 6.45) is 1.04. The number of hydrogen-bond acceptors (Lipinski definition) is 6. The van der Waals surface area contributed by atoms with Crippen LogP contribution in [0, 0.1) is 18.3 Å². The third kappa shape index (κ3) is 4.18. The largest absolute Gasteiger partial charge is 0.391 e. The van der Waals surface area contributed by atoms with Gasteiger partial charge in [-0.15, -0.1) is 5.10 Å². The van der Waals surface area contributed by atoms with E-state index in [4.69, 9.17) is 0 Å². The number of pyridine rings is 1. The number of halogens is 1. The molecule has 0 saturated carbocycles. The smallest absolute Gasteiger partial charge is 0.248 e. The number of hydrogen-bond donors (Lipinski definition) is 2. The predicted molar refractivity (Wildman–Crippen MR) is 107 cm³/mol. The van der Waals surface area contributed by atoms with E-state index in [-0.39, 0.29) is 24.8 Å². The Morgan fingerprint density at radius 2 is 2.03 bits per heavy atom. The van der Waals surface area contributed by atoms with Crippen LogP contribution in [0.15, 0.2) is 18.3 Å². The highest BCUT2D eigenvalue weighted by Crippen LogP contribution is 2.35. The topological polar surface area (TPSA) is 113 Å². The highest BCUT2D eigenvalue weighted by atomic mass is 19.1. The van der Waals surface area contributed by atoms with Crippen molar-refractivity contribution >= 4 is 11.8 Å². The number of carbonyl (C=O) groups excluding carboxylic acids is 2. The number of carbonyl (C=O) groups is 2. The van der Waals surface area contributed by atoms with Crippen molar-refractivity contribution in [3.05, 3.63) is 30.0 Å². The number of aromatic nitrogens is 4. The second kappa shape index (κ2) is 8.10. The molecule has 1 saturated heterocycles. The van der Waals surface area contributed by atoms with E-state index < -0.39 is 29.6 Å². The molecule has 2 unspecified atom stereocenters. The molecule has 0 aromatic carbocycles. The molecule has 2 amide bonds. The van der Waals surface area contributed by atoms with Gasteiger partial charge in [0.1, 0.15) is 17.8 Å². The number of aliphatic hydroxyl groups is 1. The summed E-state index contributed by atoms with van der Waals surface area (Å²) in [7, 11) is 1.50. The fraction of sp³-hybridized carbons (Fsp3) is 0.550. The molecule has 3 heterocycles. The van der Waals surface area contributed by atoms with Gasteiger partial charge in [0.15, 0.2) is 0 Å². The Bertz CT molecular complexity index is 954. The molecule has 0 spiro atoms. The number of aryl methyl sites for hydroxylation is 1. The van der Waals surface area contributed by atoms with E-state index >= 15 is 0 Å². The lowest BCUT2D eigenvalue weighted by Crippen LogP contribution is -2.49. The van der Waals surface area contributed by atoms with Crippen LogP contribution in [-0.2, 0) is 9.59 Å². The molecule has 1 aliphatic rings. The number of nitrogens with one attached hydrogen (secondary N) is 1. The van der Waals surface area contributed by atoms with Crippen molar-refractivity contribution < 1.29 is 19.1 Å². The Morgan fingerprint density at radius 3 is 2.63 bits per heavy atom. The molecule has 10 heteroatoms. The number of nitrogens with zero attached hydrogens (tertiary/aromatic N) is 5. The molecule has 2 aromatic rings. The summed E-state index contributed by atoms with van der Waals surface area (Å²) in [5, 5.41) is 20.9. The van der Waals surface area contributed by atoms with Crippen LogP contribution >= 0.6 is 0 Å². The first-order chi connectivity index (χ1) is 14.0. The van der Waals surface area contributed by atoms with Crippen molar-refractivity contribution in [3.63, 3.8) is 0 Å². The summed E-state index contributed by atoms with van der Waals surface area (Å²) in [6, 6.07) is 1.31. The van der Waals surface area contributed by atoms with Crippen molar-refractivity contribution in [2.75, 3.05) is 13.6 Å². The molecule has 2 N–H and O–H groups in total. The number of aliphatic hydroxyl groups excluding tert-OH is 1. The molecule has 9 nitrogen and oxygen atoms in total. The average molecular weight is 418 g/mol. The zero-order valence-corrected chi connectivity index (χ0v) is 17.8. The van der Waals surface area contributed by atoms with Gasteiger partial charge in [-0.2, -0.15) is 4.39 Å². The lowest BCUT2D eigenvalue weighted by Gasteiger charge is -2.34. The SMILES string of the molecule is CNC(=O)C1CC(O)CN1C(=O)[C@@H](n1cc(-c2ccc(F)nc2C)nn1)C(C)(C)C. The summed E-state index contributed by atoms with van der Waals surface area (Å²) in [6.45, 7) is 7.42. The quantitative estimate of drug-likeness (QED) is 0.719. The molecule has 0 bridgehead atoms. The fourth-order valence-electron chi connectivity index (χ4n) is 3.84. The van der Waals surface area contributed by atoms with Gasteiger partial charge in [-0.25, -0.2) is 9.67 Å². The summed E-state index contributed by atoms with van der Waals surface area (Å²) in [5.74, 6) is -1.22. The van der Waals surface area contributed by atoms with Crippen LogP contribution in [0.3, 0.4) is 0 Å². The minimum Gasteiger partial charge on any atom is -0.391 e. The van der Waals surface area contributed by atoms with E-state index in [2.05, 4.69) is 20.6 Å². The molecule has 162 valence electrons. The maximum absolute atomic E-state index is 13.5. The van der Waals surface area contributed by atoms with Crippen LogP contribution < -0.4 is 5.32 Å². The van der Waals surface area contributed by atoms with Gasteiger partial charge in [-0.05, 0) is 24.5 Å². The maximum atomic E-state index is 13.5. The molecule has 2 aromatic heterocycles. The Morgan fingerprint density at radius 1 is 1.33 bits per heavy atom. The first-order valence-corrected chi connectivity index (χ1v) is 9.78. The lowest BCUT2D eigenvalue weighted by atomic mass is 9.85. The number of likely N-dealkylation sites (N-methyl/N-ethyl adjacent to an activating group) is 1. The van der Waals surface area contributed by atoms with E-state index in [9.17, 15) is 19.1 Å². The standard InChI is InChI=1S/C20H27FN6O3/c1-11-13(6-7-16(21)23-11)14-10-27(25-24-14)17(20(2,3)4)19(30)26-9-12(28)8-15(26)18(29)22-5/h6-7,10,12,15,17,28H,8-9H2,1-5H3,(H,22,29)/t12?,15?,17-/m1/s1. The Labute approximate surface area is 174 Å². The molecule has 3 rings (SSSR count). The third-order valence-corrected chi connectivity index (χ3v) is 5.27. The highest BCUT2D eigenvalue weighted by Gasteiger charge is 2.45. The molecule has 0 radical (unpaired) electrons. The first kappa shape index (κ1) is 21.8. The minimum absolute atomic E-state index is 0.0754. The van der Waals surface area contributed by atoms with Gasteiger partial charge >= 0.3 is 0 Å². The lowest BCUT2D eigenvalue weighted by molar-refractivity contribution is -0.144. The molecule has 1 fully saturated rings. The predicted octanol–water partition coefficient (Wildman–Crippen LogP) is 1.08. The van der Waals surface area contributed by atoms with Crippen molar-refractivity contribution in [1.29, 1.82) is 0 Å². The number of amides is 2. The van der Waals surface area contributed by atoms with E-state index in [0.29, 0.717) is 17.0 Å². The summed E-state index contributed by atoms with van der Waals surface area (Å²) < 4.78 is 14.8. The van der Waals surface area contributed by atoms with Crippen LogP contribution in [0.2, 0.25) is 0 Å².